The van der Waals surface area contributed by atoms with Crippen LogP contribution in [0.3, 0.4) is 0 Å². The molecule has 2 N–H and O–H groups in total. The normalized spacial score (nSPS) is 10.9. The van der Waals surface area contributed by atoms with Gasteiger partial charge in [-0.05, 0) is 11.6 Å². The molecule has 0 aliphatic carbocycles. The van der Waals surface area contributed by atoms with Crippen molar-refractivity contribution in [1.29, 1.82) is 0 Å². The fraction of sp³-hybridized carbons (Fsp3) is 0. The standard InChI is InChI=1S/C6H3BCl2N2O3/c8-5-4-3(10-6(9)11-5)2(1-14-4)7(12)13/h1,12-13H. The molecule has 2 aromatic rings. The van der Waals surface area contributed by atoms with Gasteiger partial charge >= 0.3 is 7.12 Å². The zero-order valence-electron chi connectivity index (χ0n) is 6.61. The van der Waals surface area contributed by atoms with E-state index in [1.54, 1.807) is 0 Å². The molecule has 14 heavy (non-hydrogen) atoms. The van der Waals surface area contributed by atoms with Crippen LogP contribution in [0.1, 0.15) is 0 Å². The molecule has 0 aliphatic rings. The molecule has 8 heteroatoms. The summed E-state index contributed by atoms with van der Waals surface area (Å²) in [5.74, 6) is 0. The summed E-state index contributed by atoms with van der Waals surface area (Å²) >= 11 is 11.2. The third-order valence-electron chi connectivity index (χ3n) is 1.65. The molecule has 0 bridgehead atoms. The van der Waals surface area contributed by atoms with Gasteiger partial charge in [-0.15, -0.1) is 0 Å². The zero-order chi connectivity index (χ0) is 10.3. The fourth-order valence-electron chi connectivity index (χ4n) is 1.06. The number of halogens is 2. The summed E-state index contributed by atoms with van der Waals surface area (Å²) in [5.41, 5.74) is 0.482. The van der Waals surface area contributed by atoms with E-state index in [9.17, 15) is 0 Å². The lowest BCUT2D eigenvalue weighted by Gasteiger charge is -1.95. The van der Waals surface area contributed by atoms with E-state index in [1.807, 2.05) is 0 Å². The Labute approximate surface area is 88.4 Å². The number of hydrogen-bond donors (Lipinski definition) is 2. The molecule has 0 atom stereocenters. The molecule has 2 heterocycles. The van der Waals surface area contributed by atoms with Gasteiger partial charge in [-0.25, -0.2) is 9.97 Å². The SMILES string of the molecule is OB(O)c1coc2c(Cl)nc(Cl)nc12. The first-order valence-electron chi connectivity index (χ1n) is 3.56. The second kappa shape index (κ2) is 3.40. The summed E-state index contributed by atoms with van der Waals surface area (Å²) in [5, 5.41) is 17.8. The highest BCUT2D eigenvalue weighted by molar-refractivity contribution is 6.61. The molecular formula is C6H3BCl2N2O3. The predicted molar refractivity (Wildman–Crippen MR) is 51.6 cm³/mol. The number of fused-ring (bicyclic) bond motifs is 1. The van der Waals surface area contributed by atoms with Crippen molar-refractivity contribution in [3.05, 3.63) is 16.7 Å². The van der Waals surface area contributed by atoms with E-state index >= 15 is 0 Å². The quantitative estimate of drug-likeness (QED) is 0.418. The molecule has 0 saturated carbocycles. The molecule has 0 fully saturated rings. The lowest BCUT2D eigenvalue weighted by molar-refractivity contribution is 0.425. The summed E-state index contributed by atoms with van der Waals surface area (Å²) in [6.45, 7) is 0. The van der Waals surface area contributed by atoms with Crippen LogP contribution in [-0.2, 0) is 0 Å². The minimum absolute atomic E-state index is 0.0342. The minimum atomic E-state index is -1.68. The molecule has 2 rings (SSSR count). The number of hydrogen-bond acceptors (Lipinski definition) is 5. The maximum absolute atomic E-state index is 8.94. The number of aromatic nitrogens is 2. The van der Waals surface area contributed by atoms with Crippen molar-refractivity contribution in [2.75, 3.05) is 0 Å². The molecule has 0 radical (unpaired) electrons. The van der Waals surface area contributed by atoms with Crippen LogP contribution in [0, 0.1) is 0 Å². The van der Waals surface area contributed by atoms with Gasteiger partial charge in [0.15, 0.2) is 10.7 Å². The largest absolute Gasteiger partial charge is 0.494 e. The Bertz CT molecular complexity index is 487. The highest BCUT2D eigenvalue weighted by Crippen LogP contribution is 2.21. The first-order valence-corrected chi connectivity index (χ1v) is 4.31. The molecule has 0 spiro atoms. The Morgan fingerprint density at radius 2 is 2.00 bits per heavy atom. The van der Waals surface area contributed by atoms with E-state index < -0.39 is 7.12 Å². The van der Waals surface area contributed by atoms with Crippen LogP contribution in [0.15, 0.2) is 10.7 Å². The number of rotatable bonds is 1. The predicted octanol–water partition coefficient (Wildman–Crippen LogP) is 0.209. The van der Waals surface area contributed by atoms with Gasteiger partial charge in [0.25, 0.3) is 0 Å². The van der Waals surface area contributed by atoms with Gasteiger partial charge in [-0.1, -0.05) is 11.6 Å². The minimum Gasteiger partial charge on any atom is -0.460 e. The van der Waals surface area contributed by atoms with Crippen molar-refractivity contribution < 1.29 is 14.5 Å². The topological polar surface area (TPSA) is 79.4 Å². The van der Waals surface area contributed by atoms with Crippen LogP contribution >= 0.6 is 23.2 Å². The number of nitrogens with zero attached hydrogens (tertiary/aromatic N) is 2. The molecular weight excluding hydrogens is 230 g/mol. The van der Waals surface area contributed by atoms with Crippen molar-refractivity contribution in [2.45, 2.75) is 0 Å². The lowest BCUT2D eigenvalue weighted by Crippen LogP contribution is -2.29. The van der Waals surface area contributed by atoms with Gasteiger partial charge in [-0.2, -0.15) is 0 Å². The van der Waals surface area contributed by atoms with Crippen LogP contribution in [0.25, 0.3) is 11.1 Å². The van der Waals surface area contributed by atoms with Crippen molar-refractivity contribution in [3.8, 4) is 0 Å². The maximum Gasteiger partial charge on any atom is 0.494 e. The second-order valence-corrected chi connectivity index (χ2v) is 3.22. The highest BCUT2D eigenvalue weighted by Gasteiger charge is 2.21. The van der Waals surface area contributed by atoms with Crippen LogP contribution in [0.5, 0.6) is 0 Å². The Morgan fingerprint density at radius 1 is 1.29 bits per heavy atom. The lowest BCUT2D eigenvalue weighted by atomic mass is 9.82. The van der Waals surface area contributed by atoms with Gasteiger partial charge in [0.1, 0.15) is 5.52 Å². The monoisotopic (exact) mass is 232 g/mol. The Kier molecular flexibility index (Phi) is 2.36. The first kappa shape index (κ1) is 9.73. The Hall–Kier alpha value is -0.815. The second-order valence-electron chi connectivity index (χ2n) is 2.53. The third kappa shape index (κ3) is 1.46. The van der Waals surface area contributed by atoms with Gasteiger partial charge < -0.3 is 14.5 Å². The molecule has 0 aliphatic heterocycles. The molecule has 0 amide bonds. The average molecular weight is 233 g/mol. The smallest absolute Gasteiger partial charge is 0.460 e. The van der Waals surface area contributed by atoms with Crippen LogP contribution in [-0.4, -0.2) is 27.1 Å². The van der Waals surface area contributed by atoms with Gasteiger partial charge in [0.05, 0.1) is 6.26 Å². The van der Waals surface area contributed by atoms with Crippen molar-refractivity contribution >= 4 is 46.9 Å². The van der Waals surface area contributed by atoms with Crippen molar-refractivity contribution in [2.24, 2.45) is 0 Å². The average Bonchev–Trinajstić information content (AvgIpc) is 2.47. The van der Waals surface area contributed by atoms with Crippen molar-refractivity contribution in [3.63, 3.8) is 0 Å². The molecule has 0 unspecified atom stereocenters. The molecule has 0 aromatic carbocycles. The fourth-order valence-corrected chi connectivity index (χ4v) is 1.49. The summed E-state index contributed by atoms with van der Waals surface area (Å²) < 4.78 is 4.96. The van der Waals surface area contributed by atoms with E-state index in [0.717, 1.165) is 6.26 Å². The molecule has 0 saturated heterocycles. The van der Waals surface area contributed by atoms with Crippen molar-refractivity contribution in [1.82, 2.24) is 9.97 Å². The van der Waals surface area contributed by atoms with Gasteiger partial charge in [-0.3, -0.25) is 0 Å². The summed E-state index contributed by atoms with van der Waals surface area (Å²) in [6, 6.07) is 0. The van der Waals surface area contributed by atoms with Gasteiger partial charge in [0, 0.05) is 5.46 Å². The van der Waals surface area contributed by atoms with E-state index in [4.69, 9.17) is 37.7 Å². The Balaban J connectivity index is 2.78. The molecule has 5 nitrogen and oxygen atoms in total. The Morgan fingerprint density at radius 3 is 2.64 bits per heavy atom. The zero-order valence-corrected chi connectivity index (χ0v) is 8.12. The summed E-state index contributed by atoms with van der Waals surface area (Å²) in [6.07, 6.45) is 1.15. The molecule has 2 aromatic heterocycles. The summed E-state index contributed by atoms with van der Waals surface area (Å²) in [7, 11) is -1.68. The van der Waals surface area contributed by atoms with E-state index in [1.165, 1.54) is 0 Å². The molecule has 72 valence electrons. The van der Waals surface area contributed by atoms with Crippen LogP contribution in [0.2, 0.25) is 10.4 Å². The third-order valence-corrected chi connectivity index (χ3v) is 2.08. The van der Waals surface area contributed by atoms with E-state index in [-0.39, 0.29) is 27.0 Å². The summed E-state index contributed by atoms with van der Waals surface area (Å²) in [4.78, 5) is 7.41. The highest BCUT2D eigenvalue weighted by atomic mass is 35.5. The maximum atomic E-state index is 8.94. The number of furan rings is 1. The van der Waals surface area contributed by atoms with E-state index in [0.29, 0.717) is 0 Å². The van der Waals surface area contributed by atoms with E-state index in [2.05, 4.69) is 9.97 Å². The first-order chi connectivity index (χ1) is 6.59. The van der Waals surface area contributed by atoms with Crippen LogP contribution < -0.4 is 5.46 Å². The van der Waals surface area contributed by atoms with Gasteiger partial charge in [0.2, 0.25) is 5.28 Å². The van der Waals surface area contributed by atoms with Crippen LogP contribution in [0.4, 0.5) is 0 Å².